The second-order valence-corrected chi connectivity index (χ2v) is 7.31. The van der Waals surface area contributed by atoms with Crippen LogP contribution >= 0.6 is 0 Å². The van der Waals surface area contributed by atoms with Gasteiger partial charge in [-0.05, 0) is 43.6 Å². The summed E-state index contributed by atoms with van der Waals surface area (Å²) in [5, 5.41) is 3.93. The van der Waals surface area contributed by atoms with E-state index in [0.29, 0.717) is 0 Å². The Morgan fingerprint density at radius 1 is 0.800 bits per heavy atom. The summed E-state index contributed by atoms with van der Waals surface area (Å²) in [6, 6.07) is 0.823. The van der Waals surface area contributed by atoms with E-state index in [-0.39, 0.29) is 0 Å². The van der Waals surface area contributed by atoms with Crippen LogP contribution in [0.1, 0.15) is 90.9 Å². The Labute approximate surface area is 127 Å². The minimum Gasteiger partial charge on any atom is -0.314 e. The smallest absolute Gasteiger partial charge is 0.0126 e. The number of hydrogen-bond donors (Lipinski definition) is 1. The van der Waals surface area contributed by atoms with Crippen molar-refractivity contribution in [2.24, 2.45) is 17.8 Å². The maximum atomic E-state index is 3.93. The van der Waals surface area contributed by atoms with Gasteiger partial charge in [-0.15, -0.1) is 0 Å². The second-order valence-electron chi connectivity index (χ2n) is 7.31. The Hall–Kier alpha value is -0.0400. The van der Waals surface area contributed by atoms with Gasteiger partial charge < -0.3 is 5.32 Å². The number of rotatable bonds is 5. The molecule has 3 atom stereocenters. The molecule has 0 aromatic heterocycles. The van der Waals surface area contributed by atoms with E-state index in [1.807, 2.05) is 0 Å². The summed E-state index contributed by atoms with van der Waals surface area (Å²) in [5.41, 5.74) is 0. The normalized spacial score (nSPS) is 31.5. The largest absolute Gasteiger partial charge is 0.314 e. The molecule has 0 aromatic carbocycles. The molecule has 0 amide bonds. The van der Waals surface area contributed by atoms with Crippen molar-refractivity contribution in [3.8, 4) is 0 Å². The molecule has 3 unspecified atom stereocenters. The van der Waals surface area contributed by atoms with Crippen LogP contribution in [0.25, 0.3) is 0 Å². The zero-order chi connectivity index (χ0) is 14.2. The molecule has 2 aliphatic rings. The Morgan fingerprint density at radius 3 is 2.05 bits per heavy atom. The highest BCUT2D eigenvalue weighted by atomic mass is 14.9. The van der Waals surface area contributed by atoms with Gasteiger partial charge in [0.15, 0.2) is 0 Å². The van der Waals surface area contributed by atoms with E-state index in [0.717, 1.165) is 30.3 Å². The van der Waals surface area contributed by atoms with Crippen LogP contribution in [0.3, 0.4) is 0 Å². The molecule has 0 aliphatic heterocycles. The third-order valence-corrected chi connectivity index (χ3v) is 6.05. The molecule has 1 heteroatoms. The van der Waals surface area contributed by atoms with E-state index in [2.05, 4.69) is 19.2 Å². The van der Waals surface area contributed by atoms with E-state index >= 15 is 0 Å². The Bertz CT molecular complexity index is 242. The fourth-order valence-corrected chi connectivity index (χ4v) is 4.97. The van der Waals surface area contributed by atoms with Gasteiger partial charge in [-0.3, -0.25) is 0 Å². The Morgan fingerprint density at radius 2 is 1.40 bits per heavy atom. The maximum absolute atomic E-state index is 3.93. The molecule has 0 heterocycles. The molecule has 2 fully saturated rings. The van der Waals surface area contributed by atoms with Crippen molar-refractivity contribution in [3.05, 3.63) is 0 Å². The summed E-state index contributed by atoms with van der Waals surface area (Å²) in [6.45, 7) is 5.89. The van der Waals surface area contributed by atoms with Crippen molar-refractivity contribution in [2.75, 3.05) is 6.54 Å². The lowest BCUT2D eigenvalue weighted by Crippen LogP contribution is -2.46. The van der Waals surface area contributed by atoms with Crippen LogP contribution in [0.5, 0.6) is 0 Å². The fraction of sp³-hybridized carbons (Fsp3) is 1.00. The summed E-state index contributed by atoms with van der Waals surface area (Å²) < 4.78 is 0. The van der Waals surface area contributed by atoms with Crippen LogP contribution < -0.4 is 5.32 Å². The SMILES string of the molecule is CCNC(C1CCCCCCC1)C1CCCCC1CC. The van der Waals surface area contributed by atoms with Crippen LogP contribution in [0.15, 0.2) is 0 Å². The van der Waals surface area contributed by atoms with Crippen molar-refractivity contribution in [3.63, 3.8) is 0 Å². The quantitative estimate of drug-likeness (QED) is 0.696. The molecule has 2 saturated carbocycles. The molecule has 1 nitrogen and oxygen atoms in total. The van der Waals surface area contributed by atoms with Crippen molar-refractivity contribution in [1.82, 2.24) is 5.32 Å². The first-order valence-corrected chi connectivity index (χ1v) is 9.60. The predicted octanol–water partition coefficient (Wildman–Crippen LogP) is 5.54. The summed E-state index contributed by atoms with van der Waals surface area (Å²) in [4.78, 5) is 0. The summed E-state index contributed by atoms with van der Waals surface area (Å²) >= 11 is 0. The first kappa shape index (κ1) is 16.3. The van der Waals surface area contributed by atoms with Gasteiger partial charge in [-0.25, -0.2) is 0 Å². The van der Waals surface area contributed by atoms with E-state index < -0.39 is 0 Å². The lowest BCUT2D eigenvalue weighted by Gasteiger charge is -2.42. The van der Waals surface area contributed by atoms with Gasteiger partial charge >= 0.3 is 0 Å². The lowest BCUT2D eigenvalue weighted by atomic mass is 9.69. The second kappa shape index (κ2) is 9.07. The van der Waals surface area contributed by atoms with Crippen LogP contribution in [0.2, 0.25) is 0 Å². The molecule has 0 bridgehead atoms. The van der Waals surface area contributed by atoms with Gasteiger partial charge in [0.25, 0.3) is 0 Å². The van der Waals surface area contributed by atoms with Gasteiger partial charge in [-0.1, -0.05) is 71.6 Å². The zero-order valence-electron chi connectivity index (χ0n) is 14.0. The third kappa shape index (κ3) is 4.48. The fourth-order valence-electron chi connectivity index (χ4n) is 4.97. The highest BCUT2D eigenvalue weighted by Gasteiger charge is 2.34. The molecular formula is C19H37N. The Kier molecular flexibility index (Phi) is 7.41. The Balaban J connectivity index is 2.02. The lowest BCUT2D eigenvalue weighted by molar-refractivity contribution is 0.125. The van der Waals surface area contributed by atoms with Gasteiger partial charge in [0.05, 0.1) is 0 Å². The highest BCUT2D eigenvalue weighted by Crippen LogP contribution is 2.39. The molecule has 2 rings (SSSR count). The van der Waals surface area contributed by atoms with Crippen molar-refractivity contribution in [1.29, 1.82) is 0 Å². The average Bonchev–Trinajstić information content (AvgIpc) is 2.45. The first-order valence-electron chi connectivity index (χ1n) is 9.60. The van der Waals surface area contributed by atoms with Gasteiger partial charge in [0, 0.05) is 6.04 Å². The van der Waals surface area contributed by atoms with Crippen molar-refractivity contribution in [2.45, 2.75) is 96.9 Å². The first-order chi connectivity index (χ1) is 9.86. The minimum absolute atomic E-state index is 0.823. The zero-order valence-corrected chi connectivity index (χ0v) is 14.0. The molecule has 118 valence electrons. The predicted molar refractivity (Wildman–Crippen MR) is 89.0 cm³/mol. The van der Waals surface area contributed by atoms with E-state index in [4.69, 9.17) is 0 Å². The van der Waals surface area contributed by atoms with Crippen LogP contribution in [-0.2, 0) is 0 Å². The highest BCUT2D eigenvalue weighted by molar-refractivity contribution is 4.89. The summed E-state index contributed by atoms with van der Waals surface area (Å²) in [7, 11) is 0. The molecule has 1 N–H and O–H groups in total. The third-order valence-electron chi connectivity index (χ3n) is 6.05. The van der Waals surface area contributed by atoms with Crippen LogP contribution in [-0.4, -0.2) is 12.6 Å². The molecular weight excluding hydrogens is 242 g/mol. The van der Waals surface area contributed by atoms with Crippen LogP contribution in [0, 0.1) is 17.8 Å². The van der Waals surface area contributed by atoms with E-state index in [1.165, 1.54) is 77.0 Å². The van der Waals surface area contributed by atoms with E-state index in [9.17, 15) is 0 Å². The molecule has 0 saturated heterocycles. The number of hydrogen-bond acceptors (Lipinski definition) is 1. The minimum atomic E-state index is 0.823. The molecule has 0 aromatic rings. The molecule has 0 radical (unpaired) electrons. The van der Waals surface area contributed by atoms with Crippen LogP contribution in [0.4, 0.5) is 0 Å². The average molecular weight is 280 g/mol. The maximum Gasteiger partial charge on any atom is 0.0126 e. The molecule has 20 heavy (non-hydrogen) atoms. The van der Waals surface area contributed by atoms with Gasteiger partial charge in [0.1, 0.15) is 0 Å². The standard InChI is InChI=1S/C19H37N/c1-3-16-12-10-11-15-18(16)19(20-4-2)17-13-8-6-5-7-9-14-17/h16-20H,3-15H2,1-2H3. The number of nitrogens with one attached hydrogen (secondary N) is 1. The summed E-state index contributed by atoms with van der Waals surface area (Å²) in [6.07, 6.45) is 17.8. The monoisotopic (exact) mass is 279 g/mol. The topological polar surface area (TPSA) is 12.0 Å². The van der Waals surface area contributed by atoms with Crippen molar-refractivity contribution < 1.29 is 0 Å². The molecule has 2 aliphatic carbocycles. The molecule has 0 spiro atoms. The van der Waals surface area contributed by atoms with Gasteiger partial charge in [0.2, 0.25) is 0 Å². The van der Waals surface area contributed by atoms with E-state index in [1.54, 1.807) is 0 Å². The van der Waals surface area contributed by atoms with Crippen molar-refractivity contribution >= 4 is 0 Å². The summed E-state index contributed by atoms with van der Waals surface area (Å²) in [5.74, 6) is 2.93. The van der Waals surface area contributed by atoms with Gasteiger partial charge in [-0.2, -0.15) is 0 Å².